The van der Waals surface area contributed by atoms with Crippen molar-refractivity contribution in [2.24, 2.45) is 10.3 Å². The van der Waals surface area contributed by atoms with Crippen LogP contribution in [0, 0.1) is 17.6 Å². The molecule has 3 aromatic rings. The lowest BCUT2D eigenvalue weighted by atomic mass is 9.79. The molecule has 0 bridgehead atoms. The Labute approximate surface area is 222 Å². The second kappa shape index (κ2) is 10.7. The summed E-state index contributed by atoms with van der Waals surface area (Å²) in [5.41, 5.74) is 3.41. The first-order valence-corrected chi connectivity index (χ1v) is 13.8. The number of alkyl halides is 3. The number of fused-ring (bicyclic) bond motifs is 2. The molecular formula is C28H24F5NO4S. The van der Waals surface area contributed by atoms with Crippen LogP contribution in [0.15, 0.2) is 70.0 Å². The summed E-state index contributed by atoms with van der Waals surface area (Å²) >= 11 is 0. The molecule has 1 saturated heterocycles. The molecule has 0 saturated carbocycles. The molecule has 2 aliphatic rings. The number of hydrogen-bond acceptors (Lipinski definition) is 4. The van der Waals surface area contributed by atoms with Crippen LogP contribution in [0.25, 0.3) is 0 Å². The minimum atomic E-state index is -4.89. The van der Waals surface area contributed by atoms with Gasteiger partial charge >= 0.3 is 6.36 Å². The van der Waals surface area contributed by atoms with Gasteiger partial charge in [-0.1, -0.05) is 12.1 Å². The molecule has 206 valence electrons. The Morgan fingerprint density at radius 1 is 0.897 bits per heavy atom. The van der Waals surface area contributed by atoms with E-state index in [2.05, 4.69) is 9.13 Å². The summed E-state index contributed by atoms with van der Waals surface area (Å²) in [6.07, 6.45) is -1.95. The van der Waals surface area contributed by atoms with E-state index in [1.807, 2.05) is 0 Å². The zero-order valence-electron chi connectivity index (χ0n) is 20.5. The topological polar surface area (TPSA) is 65.0 Å². The second-order valence-corrected chi connectivity index (χ2v) is 11.2. The fourth-order valence-corrected chi connectivity index (χ4v) is 6.22. The zero-order valence-corrected chi connectivity index (χ0v) is 21.3. The first kappa shape index (κ1) is 27.3. The van der Waals surface area contributed by atoms with Crippen LogP contribution in [0.4, 0.5) is 22.0 Å². The molecule has 39 heavy (non-hydrogen) atoms. The lowest BCUT2D eigenvalue weighted by molar-refractivity contribution is -0.274. The molecule has 3 aromatic carbocycles. The van der Waals surface area contributed by atoms with Crippen molar-refractivity contribution in [2.75, 3.05) is 6.61 Å². The number of hydrogen-bond donors (Lipinski definition) is 0. The van der Waals surface area contributed by atoms with Gasteiger partial charge in [0, 0.05) is 18.7 Å². The number of nitrogens with zero attached hydrogens (tertiary/aromatic N) is 1. The lowest BCUT2D eigenvalue weighted by Crippen LogP contribution is -2.33. The van der Waals surface area contributed by atoms with E-state index in [1.165, 1.54) is 30.5 Å². The smallest absolute Gasteiger partial charge is 0.406 e. The van der Waals surface area contributed by atoms with Crippen molar-refractivity contribution in [1.29, 1.82) is 0 Å². The Morgan fingerprint density at radius 2 is 1.49 bits per heavy atom. The zero-order chi connectivity index (χ0) is 27.8. The highest BCUT2D eigenvalue weighted by atomic mass is 32.2. The minimum absolute atomic E-state index is 0.271. The quantitative estimate of drug-likeness (QED) is 0.267. The van der Waals surface area contributed by atoms with Crippen molar-refractivity contribution < 1.29 is 39.8 Å². The first-order chi connectivity index (χ1) is 18.5. The number of halogens is 5. The Kier molecular flexibility index (Phi) is 7.47. The Morgan fingerprint density at radius 3 is 2.05 bits per heavy atom. The molecular weight excluding hydrogens is 541 g/mol. The molecule has 1 fully saturated rings. The van der Waals surface area contributed by atoms with E-state index in [4.69, 9.17) is 4.74 Å². The maximum Gasteiger partial charge on any atom is 0.573 e. The van der Waals surface area contributed by atoms with Gasteiger partial charge < -0.3 is 9.47 Å². The third-order valence-electron chi connectivity index (χ3n) is 7.04. The third-order valence-corrected chi connectivity index (χ3v) is 8.30. The SMILES string of the molecule is O=S(=O)(N=CC1CCO[C@@H](C2c3ccc(F)cc3CCc3cc(F)ccc32)C1)c1ccc(OC(F)(F)F)cc1. The Hall–Kier alpha value is -3.31. The first-order valence-electron chi connectivity index (χ1n) is 12.3. The van der Waals surface area contributed by atoms with Crippen LogP contribution < -0.4 is 4.74 Å². The maximum atomic E-state index is 14.1. The fraction of sp³-hybridized carbons (Fsp3) is 0.321. The van der Waals surface area contributed by atoms with E-state index in [0.717, 1.165) is 46.5 Å². The highest BCUT2D eigenvalue weighted by molar-refractivity contribution is 7.90. The number of rotatable bonds is 5. The molecule has 2 atom stereocenters. The Bertz CT molecular complexity index is 1440. The van der Waals surface area contributed by atoms with Crippen LogP contribution in [0.3, 0.4) is 0 Å². The summed E-state index contributed by atoms with van der Waals surface area (Å²) in [6, 6.07) is 13.0. The molecule has 0 radical (unpaired) electrons. The van der Waals surface area contributed by atoms with Gasteiger partial charge in [-0.3, -0.25) is 0 Å². The number of aryl methyl sites for hydroxylation is 2. The maximum absolute atomic E-state index is 14.1. The van der Waals surface area contributed by atoms with E-state index in [0.29, 0.717) is 32.3 Å². The lowest BCUT2D eigenvalue weighted by Gasteiger charge is -2.35. The molecule has 1 aliphatic carbocycles. The van der Waals surface area contributed by atoms with Crippen LogP contribution in [0.1, 0.15) is 41.0 Å². The van der Waals surface area contributed by atoms with Crippen molar-refractivity contribution in [2.45, 2.75) is 49.0 Å². The normalized spacial score (nSPS) is 20.3. The third kappa shape index (κ3) is 6.30. The molecule has 1 aliphatic heterocycles. The molecule has 0 spiro atoms. The molecule has 5 rings (SSSR count). The summed E-state index contributed by atoms with van der Waals surface area (Å²) in [5.74, 6) is -1.85. The number of ether oxygens (including phenoxy) is 2. The van der Waals surface area contributed by atoms with E-state index >= 15 is 0 Å². The predicted molar refractivity (Wildman–Crippen MR) is 133 cm³/mol. The van der Waals surface area contributed by atoms with E-state index < -0.39 is 28.2 Å². The molecule has 0 amide bonds. The number of benzene rings is 3. The van der Waals surface area contributed by atoms with Crippen molar-refractivity contribution in [3.63, 3.8) is 0 Å². The average molecular weight is 566 g/mol. The molecule has 0 N–H and O–H groups in total. The van der Waals surface area contributed by atoms with E-state index in [-0.39, 0.29) is 28.4 Å². The monoisotopic (exact) mass is 565 g/mol. The van der Waals surface area contributed by atoms with Crippen molar-refractivity contribution in [1.82, 2.24) is 0 Å². The van der Waals surface area contributed by atoms with Gasteiger partial charge in [-0.15, -0.1) is 13.2 Å². The van der Waals surface area contributed by atoms with Crippen LogP contribution in [0.2, 0.25) is 0 Å². The molecule has 1 heterocycles. The van der Waals surface area contributed by atoms with Crippen molar-refractivity contribution in [3.8, 4) is 5.75 Å². The van der Waals surface area contributed by atoms with Crippen LogP contribution in [0.5, 0.6) is 5.75 Å². The fourth-order valence-electron chi connectivity index (χ4n) is 5.29. The standard InChI is InChI=1S/C28H24F5NO4S/c29-20-3-9-24-18(14-20)1-2-19-15-21(30)4-10-25(19)27(24)26-13-17(11-12-37-26)16-34-39(35,36)23-7-5-22(6-8-23)38-28(31,32)33/h3-10,14-17,26-27H,1-2,11-13H2/t17?,26-/m1/s1. The van der Waals surface area contributed by atoms with Crippen molar-refractivity contribution >= 4 is 16.2 Å². The summed E-state index contributed by atoms with van der Waals surface area (Å²) < 4.78 is 104. The van der Waals surface area contributed by atoms with Gasteiger partial charge in [-0.05, 0) is 102 Å². The minimum Gasteiger partial charge on any atom is -0.406 e. The molecule has 5 nitrogen and oxygen atoms in total. The van der Waals surface area contributed by atoms with Gasteiger partial charge in [0.15, 0.2) is 0 Å². The summed E-state index contributed by atoms with van der Waals surface area (Å²) in [6.45, 7) is 0.328. The molecule has 0 aromatic heterocycles. The Balaban J connectivity index is 1.38. The van der Waals surface area contributed by atoms with Gasteiger partial charge in [-0.2, -0.15) is 12.8 Å². The van der Waals surface area contributed by atoms with Crippen LogP contribution >= 0.6 is 0 Å². The molecule has 11 heteroatoms. The van der Waals surface area contributed by atoms with Gasteiger partial charge in [-0.25, -0.2) is 8.78 Å². The van der Waals surface area contributed by atoms with Crippen LogP contribution in [-0.2, 0) is 27.6 Å². The van der Waals surface area contributed by atoms with Gasteiger partial charge in [0.25, 0.3) is 10.0 Å². The molecule has 1 unspecified atom stereocenters. The van der Waals surface area contributed by atoms with Crippen LogP contribution in [-0.4, -0.2) is 33.7 Å². The summed E-state index contributed by atoms with van der Waals surface area (Å²) in [5, 5.41) is 0. The summed E-state index contributed by atoms with van der Waals surface area (Å²) in [4.78, 5) is -0.271. The van der Waals surface area contributed by atoms with Crippen molar-refractivity contribution in [3.05, 3.63) is 94.6 Å². The second-order valence-electron chi connectivity index (χ2n) is 9.61. The summed E-state index contributed by atoms with van der Waals surface area (Å²) in [7, 11) is -4.17. The van der Waals surface area contributed by atoms with E-state index in [1.54, 1.807) is 12.1 Å². The largest absolute Gasteiger partial charge is 0.573 e. The van der Waals surface area contributed by atoms with Gasteiger partial charge in [0.05, 0.1) is 11.0 Å². The van der Waals surface area contributed by atoms with E-state index in [9.17, 15) is 30.4 Å². The highest BCUT2D eigenvalue weighted by Crippen LogP contribution is 2.41. The van der Waals surface area contributed by atoms with Gasteiger partial charge in [0.2, 0.25) is 0 Å². The predicted octanol–water partition coefficient (Wildman–Crippen LogP) is 6.35. The highest BCUT2D eigenvalue weighted by Gasteiger charge is 2.35. The number of sulfonamides is 1. The van der Waals surface area contributed by atoms with Gasteiger partial charge in [0.1, 0.15) is 17.4 Å². The average Bonchev–Trinajstić information content (AvgIpc) is 3.03.